The van der Waals surface area contributed by atoms with Gasteiger partial charge in [0.15, 0.2) is 0 Å². The highest BCUT2D eigenvalue weighted by molar-refractivity contribution is 5.80. The first-order chi connectivity index (χ1) is 8.70. The minimum Gasteiger partial charge on any atom is -0.383 e. The third kappa shape index (κ3) is 3.05. The predicted octanol–water partition coefficient (Wildman–Crippen LogP) is -0.780. The molecule has 1 aromatic rings. The van der Waals surface area contributed by atoms with E-state index < -0.39 is 6.10 Å². The van der Waals surface area contributed by atoms with E-state index in [2.05, 4.69) is 20.1 Å². The SMILES string of the molecule is CCC(O)C(=O)N1CCN(Cc2ncn[nH]2)CC1. The second kappa shape index (κ2) is 5.92. The molecule has 1 aliphatic heterocycles. The van der Waals surface area contributed by atoms with Crippen LogP contribution in [0.3, 0.4) is 0 Å². The molecule has 1 saturated heterocycles. The van der Waals surface area contributed by atoms with Gasteiger partial charge in [-0.2, -0.15) is 5.10 Å². The molecule has 1 unspecified atom stereocenters. The molecule has 0 radical (unpaired) electrons. The Morgan fingerprint density at radius 2 is 2.22 bits per heavy atom. The van der Waals surface area contributed by atoms with E-state index >= 15 is 0 Å². The van der Waals surface area contributed by atoms with Crippen LogP contribution in [0.4, 0.5) is 0 Å². The number of aliphatic hydroxyl groups excluding tert-OH is 1. The van der Waals surface area contributed by atoms with Crippen molar-refractivity contribution in [2.24, 2.45) is 0 Å². The number of aromatic amines is 1. The van der Waals surface area contributed by atoms with E-state index in [-0.39, 0.29) is 5.91 Å². The van der Waals surface area contributed by atoms with Gasteiger partial charge in [0.1, 0.15) is 18.3 Å². The number of piperazine rings is 1. The zero-order valence-electron chi connectivity index (χ0n) is 10.5. The molecule has 2 rings (SSSR count). The first-order valence-corrected chi connectivity index (χ1v) is 6.24. The summed E-state index contributed by atoms with van der Waals surface area (Å²) in [6.07, 6.45) is 1.11. The van der Waals surface area contributed by atoms with Crippen molar-refractivity contribution >= 4 is 5.91 Å². The molecular formula is C11H19N5O2. The lowest BCUT2D eigenvalue weighted by atomic mass is 10.2. The summed E-state index contributed by atoms with van der Waals surface area (Å²) in [5.41, 5.74) is 0. The van der Waals surface area contributed by atoms with Gasteiger partial charge in [0.2, 0.25) is 0 Å². The van der Waals surface area contributed by atoms with Crippen molar-refractivity contribution in [2.45, 2.75) is 26.0 Å². The zero-order valence-corrected chi connectivity index (χ0v) is 10.5. The van der Waals surface area contributed by atoms with Gasteiger partial charge in [0, 0.05) is 26.2 Å². The highest BCUT2D eigenvalue weighted by Crippen LogP contribution is 2.07. The first kappa shape index (κ1) is 13.0. The summed E-state index contributed by atoms with van der Waals surface area (Å²) in [5.74, 6) is 0.681. The quantitative estimate of drug-likeness (QED) is 0.735. The number of nitrogens with zero attached hydrogens (tertiary/aromatic N) is 4. The van der Waals surface area contributed by atoms with Crippen LogP contribution >= 0.6 is 0 Å². The standard InChI is InChI=1S/C11H19N5O2/c1-2-9(17)11(18)16-5-3-15(4-6-16)7-10-12-8-13-14-10/h8-9,17H,2-7H2,1H3,(H,12,13,14). The monoisotopic (exact) mass is 253 g/mol. The molecule has 1 atom stereocenters. The normalized spacial score (nSPS) is 18.9. The summed E-state index contributed by atoms with van der Waals surface area (Å²) in [7, 11) is 0. The third-order valence-electron chi connectivity index (χ3n) is 3.19. The second-order valence-electron chi connectivity index (χ2n) is 4.46. The van der Waals surface area contributed by atoms with Crippen molar-refractivity contribution < 1.29 is 9.90 Å². The Bertz CT molecular complexity index is 373. The number of nitrogens with one attached hydrogen (secondary N) is 1. The first-order valence-electron chi connectivity index (χ1n) is 6.24. The average Bonchev–Trinajstić information content (AvgIpc) is 2.91. The topological polar surface area (TPSA) is 85.3 Å². The fourth-order valence-corrected chi connectivity index (χ4v) is 2.03. The molecule has 0 aliphatic carbocycles. The molecular weight excluding hydrogens is 234 g/mol. The van der Waals surface area contributed by atoms with E-state index in [0.717, 1.165) is 25.5 Å². The molecule has 1 aromatic heterocycles. The number of H-pyrrole nitrogens is 1. The van der Waals surface area contributed by atoms with E-state index in [9.17, 15) is 9.90 Å². The summed E-state index contributed by atoms with van der Waals surface area (Å²) in [5, 5.41) is 16.2. The predicted molar refractivity (Wildman–Crippen MR) is 64.5 cm³/mol. The van der Waals surface area contributed by atoms with Crippen LogP contribution in [0.25, 0.3) is 0 Å². The number of amides is 1. The molecule has 1 aliphatic rings. The van der Waals surface area contributed by atoms with Crippen LogP contribution in [-0.2, 0) is 11.3 Å². The van der Waals surface area contributed by atoms with Gasteiger partial charge < -0.3 is 10.0 Å². The molecule has 0 spiro atoms. The highest BCUT2D eigenvalue weighted by Gasteiger charge is 2.25. The highest BCUT2D eigenvalue weighted by atomic mass is 16.3. The van der Waals surface area contributed by atoms with Crippen molar-refractivity contribution in [2.75, 3.05) is 26.2 Å². The van der Waals surface area contributed by atoms with Gasteiger partial charge in [-0.15, -0.1) is 0 Å². The summed E-state index contributed by atoms with van der Waals surface area (Å²) in [6.45, 7) is 5.43. The van der Waals surface area contributed by atoms with Crippen LogP contribution in [-0.4, -0.2) is 68.3 Å². The van der Waals surface area contributed by atoms with Crippen LogP contribution in [0.15, 0.2) is 6.33 Å². The Hall–Kier alpha value is -1.47. The largest absolute Gasteiger partial charge is 0.383 e. The fourth-order valence-electron chi connectivity index (χ4n) is 2.03. The van der Waals surface area contributed by atoms with Crippen LogP contribution < -0.4 is 0 Å². The summed E-state index contributed by atoms with van der Waals surface area (Å²) in [6, 6.07) is 0. The van der Waals surface area contributed by atoms with Crippen LogP contribution in [0.2, 0.25) is 0 Å². The van der Waals surface area contributed by atoms with Crippen molar-refractivity contribution in [3.63, 3.8) is 0 Å². The Kier molecular flexibility index (Phi) is 4.27. The molecule has 7 nitrogen and oxygen atoms in total. The van der Waals surface area contributed by atoms with Gasteiger partial charge in [-0.05, 0) is 6.42 Å². The van der Waals surface area contributed by atoms with E-state index in [1.807, 2.05) is 6.92 Å². The number of rotatable bonds is 4. The molecule has 2 N–H and O–H groups in total. The van der Waals surface area contributed by atoms with Gasteiger partial charge in [-0.3, -0.25) is 14.8 Å². The van der Waals surface area contributed by atoms with Crippen LogP contribution in [0.5, 0.6) is 0 Å². The Morgan fingerprint density at radius 3 is 2.78 bits per heavy atom. The van der Waals surface area contributed by atoms with Crippen molar-refractivity contribution in [1.82, 2.24) is 25.0 Å². The van der Waals surface area contributed by atoms with Gasteiger partial charge in [0.05, 0.1) is 6.54 Å². The van der Waals surface area contributed by atoms with E-state index in [1.165, 1.54) is 6.33 Å². The van der Waals surface area contributed by atoms with E-state index in [0.29, 0.717) is 19.5 Å². The maximum Gasteiger partial charge on any atom is 0.251 e. The minimum absolute atomic E-state index is 0.156. The summed E-state index contributed by atoms with van der Waals surface area (Å²) >= 11 is 0. The molecule has 18 heavy (non-hydrogen) atoms. The maximum atomic E-state index is 11.8. The fraction of sp³-hybridized carbons (Fsp3) is 0.727. The second-order valence-corrected chi connectivity index (χ2v) is 4.46. The molecule has 1 fully saturated rings. The van der Waals surface area contributed by atoms with E-state index in [4.69, 9.17) is 0 Å². The van der Waals surface area contributed by atoms with Crippen molar-refractivity contribution in [1.29, 1.82) is 0 Å². The lowest BCUT2D eigenvalue weighted by molar-refractivity contribution is -0.142. The zero-order chi connectivity index (χ0) is 13.0. The number of hydrogen-bond donors (Lipinski definition) is 2. The number of carbonyl (C=O) groups excluding carboxylic acids is 1. The number of carbonyl (C=O) groups is 1. The van der Waals surface area contributed by atoms with Gasteiger partial charge >= 0.3 is 0 Å². The molecule has 0 aromatic carbocycles. The van der Waals surface area contributed by atoms with Gasteiger partial charge in [-0.25, -0.2) is 4.98 Å². The summed E-state index contributed by atoms with van der Waals surface area (Å²) < 4.78 is 0. The number of hydrogen-bond acceptors (Lipinski definition) is 5. The van der Waals surface area contributed by atoms with Crippen molar-refractivity contribution in [3.8, 4) is 0 Å². The smallest absolute Gasteiger partial charge is 0.251 e. The Labute approximate surface area is 106 Å². The average molecular weight is 253 g/mol. The molecule has 0 saturated carbocycles. The van der Waals surface area contributed by atoms with E-state index in [1.54, 1.807) is 4.90 Å². The maximum absolute atomic E-state index is 11.8. The Morgan fingerprint density at radius 1 is 1.50 bits per heavy atom. The number of aliphatic hydroxyl groups is 1. The minimum atomic E-state index is -0.856. The lowest BCUT2D eigenvalue weighted by Crippen LogP contribution is -2.51. The number of aromatic nitrogens is 3. The summed E-state index contributed by atoms with van der Waals surface area (Å²) in [4.78, 5) is 19.8. The molecule has 100 valence electrons. The van der Waals surface area contributed by atoms with Gasteiger partial charge in [-0.1, -0.05) is 6.92 Å². The molecule has 0 bridgehead atoms. The molecule has 7 heteroatoms. The third-order valence-corrected chi connectivity index (χ3v) is 3.19. The molecule has 2 heterocycles. The van der Waals surface area contributed by atoms with Crippen LogP contribution in [0, 0.1) is 0 Å². The van der Waals surface area contributed by atoms with Crippen molar-refractivity contribution in [3.05, 3.63) is 12.2 Å². The Balaban J connectivity index is 1.79. The lowest BCUT2D eigenvalue weighted by Gasteiger charge is -2.35. The van der Waals surface area contributed by atoms with Crippen LogP contribution in [0.1, 0.15) is 19.2 Å². The van der Waals surface area contributed by atoms with Gasteiger partial charge in [0.25, 0.3) is 5.91 Å². The molecule has 1 amide bonds.